The number of carbonyl (C=O) groups excluding carboxylic acids is 2. The molecule has 24 heavy (non-hydrogen) atoms. The van der Waals surface area contributed by atoms with Gasteiger partial charge >= 0.3 is 5.97 Å². The number of amides is 1. The molecule has 0 atom stereocenters. The molecule has 6 heteroatoms. The molecule has 0 spiro atoms. The summed E-state index contributed by atoms with van der Waals surface area (Å²) in [4.78, 5) is 24.5. The summed E-state index contributed by atoms with van der Waals surface area (Å²) in [5, 5.41) is 16.7. The monoisotopic (exact) mass is 339 g/mol. The van der Waals surface area contributed by atoms with E-state index >= 15 is 0 Å². The van der Waals surface area contributed by atoms with Gasteiger partial charge in [0, 0.05) is 24.0 Å². The average molecular weight is 339 g/mol. The second-order valence-electron chi connectivity index (χ2n) is 8.65. The molecule has 0 aromatic carbocycles. The van der Waals surface area contributed by atoms with Gasteiger partial charge in [-0.15, -0.1) is 10.3 Å². The van der Waals surface area contributed by atoms with Gasteiger partial charge in [-0.2, -0.15) is 0 Å². The third kappa shape index (κ3) is 3.91. The minimum Gasteiger partial charge on any atom is -0.449 e. The maximum absolute atomic E-state index is 12.9. The number of hydroxylamine groups is 2. The van der Waals surface area contributed by atoms with Gasteiger partial charge in [-0.1, -0.05) is 6.42 Å². The van der Waals surface area contributed by atoms with Crippen LogP contribution < -0.4 is 5.32 Å². The van der Waals surface area contributed by atoms with Crippen molar-refractivity contribution in [2.75, 3.05) is 0 Å². The van der Waals surface area contributed by atoms with Gasteiger partial charge in [0.15, 0.2) is 5.60 Å². The van der Waals surface area contributed by atoms with Gasteiger partial charge in [0.25, 0.3) is 5.91 Å². The minimum atomic E-state index is -1.03. The minimum absolute atomic E-state index is 0.0953. The fraction of sp³-hybridized carbons (Fsp3) is 0.889. The lowest BCUT2D eigenvalue weighted by Crippen LogP contribution is -2.64. The van der Waals surface area contributed by atoms with Crippen molar-refractivity contribution in [3.05, 3.63) is 0 Å². The van der Waals surface area contributed by atoms with Gasteiger partial charge in [-0.3, -0.25) is 9.59 Å². The molecule has 0 bridgehead atoms. The van der Waals surface area contributed by atoms with E-state index in [4.69, 9.17) is 4.74 Å². The Morgan fingerprint density at radius 1 is 1.00 bits per heavy atom. The third-order valence-corrected chi connectivity index (χ3v) is 5.34. The maximum atomic E-state index is 12.9. The molecule has 6 nitrogen and oxygen atoms in total. The highest BCUT2D eigenvalue weighted by Crippen LogP contribution is 2.38. The van der Waals surface area contributed by atoms with Crippen molar-refractivity contribution in [3.63, 3.8) is 0 Å². The zero-order valence-corrected chi connectivity index (χ0v) is 15.6. The lowest BCUT2D eigenvalue weighted by molar-refractivity contribution is -0.290. The first-order valence-corrected chi connectivity index (χ1v) is 8.97. The highest BCUT2D eigenvalue weighted by atomic mass is 16.6. The van der Waals surface area contributed by atoms with Crippen LogP contribution in [0.25, 0.3) is 0 Å². The Hall–Kier alpha value is -1.14. The van der Waals surface area contributed by atoms with Crippen LogP contribution in [0.3, 0.4) is 0 Å². The summed E-state index contributed by atoms with van der Waals surface area (Å²) in [6, 6.07) is -0.0953. The standard InChI is InChI=1S/C18H31N2O4/c1-13(21)24-18(9-7-6-8-10-18)15(22)19-14-11-16(2,3)20(23)17(4,5)12-14/h14H,6-12H2,1-5H3,(H,19,22). The van der Waals surface area contributed by atoms with Gasteiger partial charge < -0.3 is 10.1 Å². The molecular formula is C18H31N2O4. The summed E-state index contributed by atoms with van der Waals surface area (Å²) >= 11 is 0. The molecule has 1 N–H and O–H groups in total. The van der Waals surface area contributed by atoms with Gasteiger partial charge in [0.1, 0.15) is 0 Å². The summed E-state index contributed by atoms with van der Waals surface area (Å²) in [6.45, 7) is 8.97. The highest BCUT2D eigenvalue weighted by molar-refractivity contribution is 5.88. The molecule has 2 fully saturated rings. The van der Waals surface area contributed by atoms with Crippen LogP contribution in [-0.4, -0.2) is 39.7 Å². The predicted molar refractivity (Wildman–Crippen MR) is 89.4 cm³/mol. The molecule has 1 amide bonds. The molecule has 137 valence electrons. The molecule has 2 aliphatic rings. The predicted octanol–water partition coefficient (Wildman–Crippen LogP) is 2.74. The maximum Gasteiger partial charge on any atom is 0.303 e. The Morgan fingerprint density at radius 3 is 1.96 bits per heavy atom. The fourth-order valence-electron chi connectivity index (χ4n) is 4.46. The van der Waals surface area contributed by atoms with E-state index in [1.165, 1.54) is 6.92 Å². The van der Waals surface area contributed by atoms with Crippen LogP contribution in [0.1, 0.15) is 79.6 Å². The van der Waals surface area contributed by atoms with Crippen molar-refractivity contribution in [1.29, 1.82) is 0 Å². The number of nitrogens with one attached hydrogen (secondary N) is 1. The number of ether oxygens (including phenoxy) is 1. The molecule has 0 unspecified atom stereocenters. The molecule has 1 aliphatic heterocycles. The summed E-state index contributed by atoms with van der Waals surface area (Å²) in [5.74, 6) is -0.615. The van der Waals surface area contributed by atoms with Crippen molar-refractivity contribution < 1.29 is 19.5 Å². The van der Waals surface area contributed by atoms with Crippen molar-refractivity contribution in [1.82, 2.24) is 10.4 Å². The van der Waals surface area contributed by atoms with Crippen molar-refractivity contribution >= 4 is 11.9 Å². The van der Waals surface area contributed by atoms with E-state index in [1.807, 2.05) is 27.7 Å². The number of esters is 1. The second kappa shape index (κ2) is 6.64. The van der Waals surface area contributed by atoms with Crippen molar-refractivity contribution in [3.8, 4) is 0 Å². The van der Waals surface area contributed by atoms with Gasteiger partial charge in [-0.25, -0.2) is 0 Å². The number of carbonyl (C=O) groups is 2. The topological polar surface area (TPSA) is 78.5 Å². The van der Waals surface area contributed by atoms with Crippen LogP contribution in [0.15, 0.2) is 0 Å². The summed E-state index contributed by atoms with van der Waals surface area (Å²) in [5.41, 5.74) is -2.12. The van der Waals surface area contributed by atoms with Crippen LogP contribution in [-0.2, 0) is 19.5 Å². The van der Waals surface area contributed by atoms with E-state index in [0.29, 0.717) is 25.7 Å². The highest BCUT2D eigenvalue weighted by Gasteiger charge is 2.49. The number of rotatable bonds is 3. The molecule has 1 radical (unpaired) electrons. The Bertz CT molecular complexity index is 477. The second-order valence-corrected chi connectivity index (χ2v) is 8.65. The smallest absolute Gasteiger partial charge is 0.303 e. The Kier molecular flexibility index (Phi) is 5.31. The lowest BCUT2D eigenvalue weighted by atomic mass is 9.78. The van der Waals surface area contributed by atoms with Crippen LogP contribution in [0.4, 0.5) is 0 Å². The van der Waals surface area contributed by atoms with E-state index < -0.39 is 22.6 Å². The number of hydrogen-bond acceptors (Lipinski definition) is 4. The molecule has 0 aromatic rings. The lowest BCUT2D eigenvalue weighted by Gasteiger charge is -2.50. The van der Waals surface area contributed by atoms with Crippen LogP contribution in [0.2, 0.25) is 0 Å². The van der Waals surface area contributed by atoms with E-state index in [-0.39, 0.29) is 11.9 Å². The quantitative estimate of drug-likeness (QED) is 0.802. The van der Waals surface area contributed by atoms with E-state index in [1.54, 1.807) is 0 Å². The third-order valence-electron chi connectivity index (χ3n) is 5.34. The Balaban J connectivity index is 2.13. The number of hydrogen-bond donors (Lipinski definition) is 1. The first-order valence-electron chi connectivity index (χ1n) is 8.97. The number of nitrogens with zero attached hydrogens (tertiary/aromatic N) is 1. The average Bonchev–Trinajstić information content (AvgIpc) is 2.44. The summed E-state index contributed by atoms with van der Waals surface area (Å²) in [6.07, 6.45) is 5.15. The first kappa shape index (κ1) is 19.2. The van der Waals surface area contributed by atoms with Gasteiger partial charge in [0.05, 0.1) is 0 Å². The molecule has 1 heterocycles. The van der Waals surface area contributed by atoms with Crippen molar-refractivity contribution in [2.45, 2.75) is 102 Å². The first-order chi connectivity index (χ1) is 11.0. The molecular weight excluding hydrogens is 308 g/mol. The van der Waals surface area contributed by atoms with Crippen LogP contribution in [0.5, 0.6) is 0 Å². The molecule has 1 saturated carbocycles. The van der Waals surface area contributed by atoms with Crippen LogP contribution in [0, 0.1) is 0 Å². The SMILES string of the molecule is CC(=O)OC1(C(=O)NC2CC(C)(C)N([O])C(C)(C)C2)CCCCC1. The van der Waals surface area contributed by atoms with E-state index in [2.05, 4.69) is 5.32 Å². The Labute approximate surface area is 144 Å². The van der Waals surface area contributed by atoms with Gasteiger partial charge in [0.2, 0.25) is 0 Å². The van der Waals surface area contributed by atoms with Gasteiger partial charge in [-0.05, 0) is 66.2 Å². The van der Waals surface area contributed by atoms with E-state index in [9.17, 15) is 14.8 Å². The van der Waals surface area contributed by atoms with Crippen LogP contribution >= 0.6 is 0 Å². The fourth-order valence-corrected chi connectivity index (χ4v) is 4.46. The summed E-state index contributed by atoms with van der Waals surface area (Å²) in [7, 11) is 0. The van der Waals surface area contributed by atoms with Crippen molar-refractivity contribution in [2.24, 2.45) is 0 Å². The molecule has 2 rings (SSSR count). The largest absolute Gasteiger partial charge is 0.449 e. The zero-order chi connectivity index (χ0) is 18.2. The van der Waals surface area contributed by atoms with E-state index in [0.717, 1.165) is 24.3 Å². The zero-order valence-electron chi connectivity index (χ0n) is 15.6. The summed E-state index contributed by atoms with van der Waals surface area (Å²) < 4.78 is 5.48. The normalized spacial score (nSPS) is 26.6. The number of piperidine rings is 1. The molecule has 1 aliphatic carbocycles. The Morgan fingerprint density at radius 2 is 1.50 bits per heavy atom. The molecule has 0 aromatic heterocycles. The molecule has 1 saturated heterocycles.